The number of hydrogen-bond acceptors (Lipinski definition) is 5. The molecule has 0 bridgehead atoms. The molecule has 0 radical (unpaired) electrons. The fourth-order valence-corrected chi connectivity index (χ4v) is 1.56. The van der Waals surface area contributed by atoms with Crippen LogP contribution in [0.5, 0.6) is 0 Å². The van der Waals surface area contributed by atoms with E-state index in [1.807, 2.05) is 0 Å². The van der Waals surface area contributed by atoms with Gasteiger partial charge in [0.25, 0.3) is 5.56 Å². The third-order valence-electron chi connectivity index (χ3n) is 2.34. The van der Waals surface area contributed by atoms with E-state index < -0.39 is 5.56 Å². The van der Waals surface area contributed by atoms with Crippen LogP contribution < -0.4 is 11.3 Å². The second-order valence-electron chi connectivity index (χ2n) is 3.48. The second-order valence-corrected chi connectivity index (χ2v) is 3.48. The van der Waals surface area contributed by atoms with Gasteiger partial charge in [-0.1, -0.05) is 6.08 Å². The van der Waals surface area contributed by atoms with Gasteiger partial charge in [0.1, 0.15) is 6.33 Å². The summed E-state index contributed by atoms with van der Waals surface area (Å²) in [6.45, 7) is 5.11. The van der Waals surface area contributed by atoms with Gasteiger partial charge in [-0.3, -0.25) is 18.7 Å². The van der Waals surface area contributed by atoms with Gasteiger partial charge in [-0.05, 0) is 0 Å². The molecule has 0 aliphatic heterocycles. The average Bonchev–Trinajstić information content (AvgIpc) is 2.68. The van der Waals surface area contributed by atoms with Crippen LogP contribution in [0.3, 0.4) is 0 Å². The molecule has 0 amide bonds. The summed E-state index contributed by atoms with van der Waals surface area (Å²) in [7, 11) is 0. The number of anilines is 1. The highest BCUT2D eigenvalue weighted by molar-refractivity contribution is 5.87. The van der Waals surface area contributed by atoms with E-state index in [2.05, 4.69) is 16.5 Å². The number of hydrogen-bond donors (Lipinski definition) is 1. The first-order valence-corrected chi connectivity index (χ1v) is 4.91. The summed E-state index contributed by atoms with van der Waals surface area (Å²) in [5, 5.41) is 0. The molecule has 7 nitrogen and oxygen atoms in total. The van der Waals surface area contributed by atoms with E-state index in [0.717, 1.165) is 4.57 Å². The number of nitrogen functional groups attached to an aromatic ring is 1. The van der Waals surface area contributed by atoms with Crippen molar-refractivity contribution in [1.29, 1.82) is 0 Å². The highest BCUT2D eigenvalue weighted by atomic mass is 16.2. The molecule has 0 aromatic carbocycles. The summed E-state index contributed by atoms with van der Waals surface area (Å²) >= 11 is 0. The fraction of sp³-hybridized carbons (Fsp3) is 0.200. The van der Waals surface area contributed by atoms with Crippen molar-refractivity contribution in [3.8, 4) is 0 Å². The number of aromatic nitrogens is 4. The quantitative estimate of drug-likeness (QED) is 0.738. The molecular weight excluding hydrogens is 222 g/mol. The number of carbonyl (C=O) groups is 1. The van der Waals surface area contributed by atoms with Gasteiger partial charge in [0.05, 0.1) is 0 Å². The standard InChI is InChI=1S/C10H11N5O2/c1-3-4-14-9(17)7-8(13-10(14)11)12-5-15(7)6(2)16/h3,5H,1,4H2,2H3,(H2,11,13). The minimum Gasteiger partial charge on any atom is -0.369 e. The summed E-state index contributed by atoms with van der Waals surface area (Å²) in [6.07, 6.45) is 2.79. The normalized spacial score (nSPS) is 10.6. The van der Waals surface area contributed by atoms with Crippen molar-refractivity contribution in [3.05, 3.63) is 29.3 Å². The third kappa shape index (κ3) is 1.61. The molecule has 0 aliphatic carbocycles. The van der Waals surface area contributed by atoms with Crippen molar-refractivity contribution in [2.24, 2.45) is 0 Å². The maximum Gasteiger partial charge on any atom is 0.281 e. The van der Waals surface area contributed by atoms with Gasteiger partial charge < -0.3 is 5.73 Å². The first-order valence-electron chi connectivity index (χ1n) is 4.91. The zero-order valence-electron chi connectivity index (χ0n) is 9.25. The van der Waals surface area contributed by atoms with Gasteiger partial charge in [0.2, 0.25) is 11.9 Å². The van der Waals surface area contributed by atoms with E-state index in [-0.39, 0.29) is 29.6 Å². The Morgan fingerprint density at radius 1 is 1.65 bits per heavy atom. The van der Waals surface area contributed by atoms with E-state index in [4.69, 9.17) is 5.73 Å². The number of rotatable bonds is 2. The van der Waals surface area contributed by atoms with E-state index >= 15 is 0 Å². The monoisotopic (exact) mass is 233 g/mol. The summed E-state index contributed by atoms with van der Waals surface area (Å²) < 4.78 is 2.39. The van der Waals surface area contributed by atoms with Crippen molar-refractivity contribution >= 4 is 23.0 Å². The third-order valence-corrected chi connectivity index (χ3v) is 2.34. The maximum atomic E-state index is 12.1. The molecule has 2 aromatic heterocycles. The van der Waals surface area contributed by atoms with Crippen LogP contribution in [0.15, 0.2) is 23.8 Å². The molecule has 88 valence electrons. The molecule has 17 heavy (non-hydrogen) atoms. The van der Waals surface area contributed by atoms with Crippen LogP contribution in [-0.4, -0.2) is 25.0 Å². The molecule has 0 fully saturated rings. The van der Waals surface area contributed by atoms with Crippen molar-refractivity contribution in [2.75, 3.05) is 5.73 Å². The van der Waals surface area contributed by atoms with Crippen molar-refractivity contribution in [3.63, 3.8) is 0 Å². The summed E-state index contributed by atoms with van der Waals surface area (Å²) in [5.74, 6) is -0.252. The molecule has 0 saturated carbocycles. The highest BCUT2D eigenvalue weighted by Gasteiger charge is 2.15. The number of nitrogens with two attached hydrogens (primary N) is 1. The van der Waals surface area contributed by atoms with Crippen molar-refractivity contribution in [1.82, 2.24) is 19.1 Å². The van der Waals surface area contributed by atoms with Crippen LogP contribution in [0.1, 0.15) is 11.7 Å². The Balaban J connectivity index is 2.87. The van der Waals surface area contributed by atoms with Crippen LogP contribution in [0.4, 0.5) is 5.95 Å². The lowest BCUT2D eigenvalue weighted by Gasteiger charge is -2.06. The molecular formula is C10H11N5O2. The first-order chi connectivity index (χ1) is 8.06. The number of carbonyl (C=O) groups excluding carboxylic acids is 1. The summed E-state index contributed by atoms with van der Waals surface area (Å²) in [6, 6.07) is 0. The lowest BCUT2D eigenvalue weighted by atomic mass is 10.4. The van der Waals surface area contributed by atoms with E-state index in [1.54, 1.807) is 0 Å². The van der Waals surface area contributed by atoms with Crippen LogP contribution in [-0.2, 0) is 6.54 Å². The molecule has 0 spiro atoms. The van der Waals surface area contributed by atoms with Gasteiger partial charge in [-0.2, -0.15) is 4.98 Å². The molecule has 7 heteroatoms. The molecule has 0 atom stereocenters. The SMILES string of the molecule is C=CCn1c(N)nc2ncn(C(C)=O)c2c1=O. The van der Waals surface area contributed by atoms with Crippen LogP contribution in [0.2, 0.25) is 0 Å². The van der Waals surface area contributed by atoms with Crippen LogP contribution in [0.25, 0.3) is 11.2 Å². The van der Waals surface area contributed by atoms with Crippen LogP contribution in [0, 0.1) is 0 Å². The van der Waals surface area contributed by atoms with Gasteiger partial charge in [0.15, 0.2) is 11.2 Å². The largest absolute Gasteiger partial charge is 0.369 e. The summed E-state index contributed by atoms with van der Waals surface area (Å²) in [4.78, 5) is 31.3. The zero-order valence-corrected chi connectivity index (χ0v) is 9.25. The Labute approximate surface area is 96.2 Å². The smallest absolute Gasteiger partial charge is 0.281 e. The van der Waals surface area contributed by atoms with Gasteiger partial charge in [-0.15, -0.1) is 6.58 Å². The molecule has 0 saturated heterocycles. The molecule has 2 aromatic rings. The Hall–Kier alpha value is -2.44. The number of fused-ring (bicyclic) bond motifs is 1. The predicted molar refractivity (Wildman–Crippen MR) is 62.7 cm³/mol. The number of nitrogens with zero attached hydrogens (tertiary/aromatic N) is 4. The topological polar surface area (TPSA) is 95.8 Å². The van der Waals surface area contributed by atoms with Crippen molar-refractivity contribution in [2.45, 2.75) is 13.5 Å². The molecule has 2 heterocycles. The molecule has 2 N–H and O–H groups in total. The van der Waals surface area contributed by atoms with Gasteiger partial charge >= 0.3 is 0 Å². The Morgan fingerprint density at radius 2 is 2.35 bits per heavy atom. The Kier molecular flexibility index (Phi) is 2.51. The first kappa shape index (κ1) is 11.1. The number of imidazole rings is 1. The van der Waals surface area contributed by atoms with E-state index in [9.17, 15) is 9.59 Å². The molecule has 0 aliphatic rings. The molecule has 0 unspecified atom stereocenters. The minimum atomic E-state index is -0.403. The van der Waals surface area contributed by atoms with E-state index in [1.165, 1.54) is 23.9 Å². The van der Waals surface area contributed by atoms with Gasteiger partial charge in [-0.25, -0.2) is 4.98 Å². The predicted octanol–water partition coefficient (Wildman–Crippen LogP) is 0.0213. The Morgan fingerprint density at radius 3 is 2.94 bits per heavy atom. The molecule has 2 rings (SSSR count). The number of allylic oxidation sites excluding steroid dienone is 1. The summed E-state index contributed by atoms with van der Waals surface area (Å²) in [5.41, 5.74) is 5.53. The zero-order chi connectivity index (χ0) is 12.6. The Bertz CT molecular complexity index is 667. The fourth-order valence-electron chi connectivity index (χ4n) is 1.56. The lowest BCUT2D eigenvalue weighted by molar-refractivity contribution is 0.0941. The minimum absolute atomic E-state index is 0.0520. The van der Waals surface area contributed by atoms with Crippen LogP contribution >= 0.6 is 0 Å². The average molecular weight is 233 g/mol. The second kappa shape index (κ2) is 3.85. The van der Waals surface area contributed by atoms with E-state index in [0.29, 0.717) is 0 Å². The van der Waals surface area contributed by atoms with Crippen molar-refractivity contribution < 1.29 is 4.79 Å². The maximum absolute atomic E-state index is 12.1. The highest BCUT2D eigenvalue weighted by Crippen LogP contribution is 2.08. The lowest BCUT2D eigenvalue weighted by Crippen LogP contribution is -2.26. The van der Waals surface area contributed by atoms with Gasteiger partial charge in [0, 0.05) is 13.5 Å².